The second-order valence-corrected chi connectivity index (χ2v) is 15.8. The third-order valence-corrected chi connectivity index (χ3v) is 12.8. The van der Waals surface area contributed by atoms with Crippen LogP contribution in [0.5, 0.6) is 11.6 Å². The van der Waals surface area contributed by atoms with Crippen molar-refractivity contribution in [3.63, 3.8) is 0 Å². The number of carbonyl (C=O) groups is 1. The fraction of sp³-hybridized carbons (Fsp3) is 0.387. The maximum Gasteiger partial charge on any atom is 0.166 e. The van der Waals surface area contributed by atoms with Crippen molar-refractivity contribution in [2.45, 2.75) is 61.6 Å². The van der Waals surface area contributed by atoms with Gasteiger partial charge in [0.05, 0.1) is 11.6 Å². The monoisotopic (exact) mass is 712 g/mol. The van der Waals surface area contributed by atoms with E-state index in [0.29, 0.717) is 30.3 Å². The van der Waals surface area contributed by atoms with Crippen LogP contribution in [0.4, 0.5) is 4.39 Å². The molecule has 1 N–H and O–H groups in total. The van der Waals surface area contributed by atoms with Crippen LogP contribution in [0, 0.1) is 17.1 Å². The van der Waals surface area contributed by atoms with Crippen LogP contribution in [0.15, 0.2) is 48.7 Å². The molecule has 3 atom stereocenters. The number of hydrogen-bond donors (Lipinski definition) is 1. The molecule has 0 saturated carbocycles. The van der Waals surface area contributed by atoms with Gasteiger partial charge in [-0.05, 0) is 18.2 Å². The first-order chi connectivity index (χ1) is 21.4. The van der Waals surface area contributed by atoms with Crippen molar-refractivity contribution >= 4 is 37.2 Å². The van der Waals surface area contributed by atoms with E-state index in [2.05, 4.69) is 19.4 Å². The number of nitriles is 1. The molecule has 2 aromatic carbocycles. The summed E-state index contributed by atoms with van der Waals surface area (Å²) in [5.41, 5.74) is 2.17. The van der Waals surface area contributed by atoms with Crippen molar-refractivity contribution in [1.82, 2.24) is 24.4 Å². The van der Waals surface area contributed by atoms with Gasteiger partial charge in [-0.15, -0.1) is 0 Å². The Morgan fingerprint density at radius 3 is 2.68 bits per heavy atom. The van der Waals surface area contributed by atoms with Crippen LogP contribution in [0.1, 0.15) is 53.3 Å². The van der Waals surface area contributed by atoms with Gasteiger partial charge >= 0.3 is 194 Å². The Morgan fingerprint density at radius 2 is 1.98 bits per heavy atom. The van der Waals surface area contributed by atoms with Gasteiger partial charge in [0.25, 0.3) is 0 Å². The van der Waals surface area contributed by atoms with Gasteiger partial charge < -0.3 is 4.74 Å². The summed E-state index contributed by atoms with van der Waals surface area (Å²) >= 11 is -1.53. The number of fused-ring (bicyclic) bond motifs is 3. The first kappa shape index (κ1) is 28.9. The van der Waals surface area contributed by atoms with Crippen LogP contribution in [-0.2, 0) is 20.8 Å². The van der Waals surface area contributed by atoms with Gasteiger partial charge in [-0.1, -0.05) is 0 Å². The standard InChI is InChI=1S/C31H30FIN6O5/c32-24-11-19(15-34)1-6-27(24)42-17-28-35-9-7-30(37-28)44-23-13-21-3-4-22(14-23)38(21)16-29-36-25-5-2-20(31(40)41)12-26(25)39(29)18-33-8-10-43-33/h1-2,5-7,9,11-12,21-23H,3-4,8,10,13-14,16-18H2,(H,40,41)/t21-,22+,23?. The van der Waals surface area contributed by atoms with E-state index in [1.54, 1.807) is 30.5 Å². The van der Waals surface area contributed by atoms with Crippen LogP contribution in [0.2, 0.25) is 0 Å². The third kappa shape index (κ3) is 5.93. The Balaban J connectivity index is 1.02. The van der Waals surface area contributed by atoms with E-state index in [4.69, 9.17) is 22.8 Å². The predicted molar refractivity (Wildman–Crippen MR) is 165 cm³/mol. The fourth-order valence-electron chi connectivity index (χ4n) is 6.23. The molecule has 228 valence electrons. The van der Waals surface area contributed by atoms with Crippen molar-refractivity contribution in [1.29, 1.82) is 5.26 Å². The van der Waals surface area contributed by atoms with E-state index in [-0.39, 0.29) is 29.6 Å². The van der Waals surface area contributed by atoms with Crippen molar-refractivity contribution in [2.24, 2.45) is 0 Å². The number of carboxylic acid groups (broad SMARTS) is 1. The molecular formula is C31H30FIN6O5. The molecule has 0 aliphatic carbocycles. The molecule has 4 aromatic rings. The van der Waals surface area contributed by atoms with Crippen LogP contribution >= 0.6 is 20.2 Å². The van der Waals surface area contributed by atoms with E-state index < -0.39 is 32.0 Å². The molecule has 2 aromatic heterocycles. The molecule has 2 bridgehead atoms. The number of alkyl halides is 2. The second kappa shape index (κ2) is 12.3. The summed E-state index contributed by atoms with van der Waals surface area (Å²) in [6.45, 7) is 1.49. The molecule has 0 radical (unpaired) electrons. The molecule has 3 saturated heterocycles. The Kier molecular flexibility index (Phi) is 8.04. The molecule has 7 rings (SSSR count). The molecule has 1 unspecified atom stereocenters. The number of nitrogens with zero attached hydrogens (tertiary/aromatic N) is 6. The number of piperidine rings is 1. The zero-order valence-electron chi connectivity index (χ0n) is 23.7. The van der Waals surface area contributed by atoms with Crippen LogP contribution in [-0.4, -0.2) is 64.7 Å². The van der Waals surface area contributed by atoms with E-state index >= 15 is 0 Å². The Hall–Kier alpha value is -3.87. The van der Waals surface area contributed by atoms with Gasteiger partial charge in [0.2, 0.25) is 0 Å². The Bertz CT molecular complexity index is 1740. The third-order valence-electron chi connectivity index (χ3n) is 8.40. The summed E-state index contributed by atoms with van der Waals surface area (Å²) < 4.78 is 36.1. The average molecular weight is 713 g/mol. The fourth-order valence-corrected chi connectivity index (χ4v) is 9.36. The quantitative estimate of drug-likeness (QED) is 0.175. The minimum absolute atomic E-state index is 0.00272. The van der Waals surface area contributed by atoms with Gasteiger partial charge in [-0.2, -0.15) is 5.26 Å². The van der Waals surface area contributed by atoms with Gasteiger partial charge in [0.1, 0.15) is 6.61 Å². The number of halogens is 2. The largest absolute Gasteiger partial charge is 0.203 e. The summed E-state index contributed by atoms with van der Waals surface area (Å²) in [5, 5.41) is 18.5. The molecule has 3 aliphatic heterocycles. The number of aromatic nitrogens is 4. The number of imidazole rings is 1. The maximum atomic E-state index is 14.2. The van der Waals surface area contributed by atoms with Gasteiger partial charge in [-0.25, -0.2) is 9.37 Å². The first-order valence-electron chi connectivity index (χ1n) is 14.5. The van der Waals surface area contributed by atoms with Crippen molar-refractivity contribution in [2.75, 3.05) is 11.0 Å². The summed E-state index contributed by atoms with van der Waals surface area (Å²) in [6.07, 6.45) is 5.47. The second-order valence-electron chi connectivity index (χ2n) is 11.1. The number of carboxylic acids is 1. The van der Waals surface area contributed by atoms with E-state index in [0.717, 1.165) is 64.2 Å². The number of hydrogen-bond acceptors (Lipinski definition) is 9. The number of ether oxygens (including phenoxy) is 2. The minimum atomic E-state index is -1.53. The van der Waals surface area contributed by atoms with Crippen LogP contribution < -0.4 is 9.47 Å². The van der Waals surface area contributed by atoms with Gasteiger partial charge in [-0.3, -0.25) is 0 Å². The van der Waals surface area contributed by atoms with Crippen LogP contribution in [0.25, 0.3) is 11.0 Å². The Labute approximate surface area is 260 Å². The predicted octanol–water partition coefficient (Wildman–Crippen LogP) is 5.10. The molecule has 5 heterocycles. The Morgan fingerprint density at radius 1 is 1.16 bits per heavy atom. The molecule has 44 heavy (non-hydrogen) atoms. The molecular weight excluding hydrogens is 682 g/mol. The zero-order chi connectivity index (χ0) is 30.2. The summed E-state index contributed by atoms with van der Waals surface area (Å²) in [7, 11) is 0. The van der Waals surface area contributed by atoms with E-state index in [9.17, 15) is 14.3 Å². The smallest absolute Gasteiger partial charge is 0.166 e. The molecule has 0 amide bonds. The van der Waals surface area contributed by atoms with Gasteiger partial charge in [0.15, 0.2) is 11.6 Å². The SMILES string of the molecule is N#Cc1ccc(OCc2nccc(OC3C[C@H]4CC[C@@H](C3)N4Cc3nc4ccc(C(=O)O)cc4n3CI3CCO3)n2)c(F)c1. The zero-order valence-corrected chi connectivity index (χ0v) is 25.9. The number of aromatic carboxylic acids is 1. The molecule has 11 nitrogen and oxygen atoms in total. The van der Waals surface area contributed by atoms with Crippen molar-refractivity contribution in [3.8, 4) is 17.7 Å². The van der Waals surface area contributed by atoms with Crippen molar-refractivity contribution in [3.05, 3.63) is 77.3 Å². The van der Waals surface area contributed by atoms with Crippen molar-refractivity contribution < 1.29 is 26.8 Å². The normalized spacial score (nSPS) is 22.0. The van der Waals surface area contributed by atoms with Crippen LogP contribution in [0.3, 0.4) is 0 Å². The number of rotatable bonds is 10. The molecule has 0 spiro atoms. The maximum absolute atomic E-state index is 14.2. The van der Waals surface area contributed by atoms with E-state index in [1.165, 1.54) is 12.1 Å². The topological polar surface area (TPSA) is 136 Å². The summed E-state index contributed by atoms with van der Waals surface area (Å²) in [6, 6.07) is 13.5. The minimum Gasteiger partial charge on any atom is -0.203 e. The summed E-state index contributed by atoms with van der Waals surface area (Å²) in [4.78, 5) is 27.9. The molecule has 3 aliphatic rings. The first-order valence-corrected chi connectivity index (χ1v) is 18.4. The molecule has 13 heteroatoms. The summed E-state index contributed by atoms with van der Waals surface area (Å²) in [5.74, 6) is 0.267. The van der Waals surface area contributed by atoms with Gasteiger partial charge in [0, 0.05) is 0 Å². The van der Waals surface area contributed by atoms with E-state index in [1.807, 2.05) is 6.07 Å². The molecule has 3 fully saturated rings. The number of benzene rings is 2. The average Bonchev–Trinajstić information content (AvgIpc) is 3.45.